The number of aryl methyl sites for hydroxylation is 1. The molecule has 0 saturated carbocycles. The van der Waals surface area contributed by atoms with Crippen LogP contribution in [0.2, 0.25) is 0 Å². The Kier molecular flexibility index (Phi) is 5.75. The molecule has 2 aliphatic heterocycles. The number of hydrogen-bond acceptors (Lipinski definition) is 4. The van der Waals surface area contributed by atoms with Gasteiger partial charge in [-0.25, -0.2) is 0 Å². The fourth-order valence-electron chi connectivity index (χ4n) is 5.90. The quantitative estimate of drug-likeness (QED) is 0.412. The van der Waals surface area contributed by atoms with E-state index >= 15 is 0 Å². The number of aliphatic hydroxyl groups excluding tert-OH is 1. The summed E-state index contributed by atoms with van der Waals surface area (Å²) >= 11 is 0. The average molecular weight is 469 g/mol. The minimum atomic E-state index is 0.0150. The molecule has 0 aliphatic carbocycles. The van der Waals surface area contributed by atoms with Gasteiger partial charge in [0.15, 0.2) is 11.5 Å². The summed E-state index contributed by atoms with van der Waals surface area (Å²) in [4.78, 5) is 2.56. The van der Waals surface area contributed by atoms with E-state index in [2.05, 4.69) is 58.9 Å². The summed E-state index contributed by atoms with van der Waals surface area (Å²) < 4.78 is 14.1. The Bertz CT molecular complexity index is 1380. The molecule has 0 spiro atoms. The SMILES string of the molecule is CCc1ccc2c(c1)c1c(n2CO)CN2CCc3cc(OC)c(OCc4ccccc4)cc3C2C1. The molecule has 5 heteroatoms. The van der Waals surface area contributed by atoms with Crippen LogP contribution in [0.25, 0.3) is 10.9 Å². The van der Waals surface area contributed by atoms with Gasteiger partial charge in [-0.1, -0.05) is 43.3 Å². The number of aromatic nitrogens is 1. The summed E-state index contributed by atoms with van der Waals surface area (Å²) in [6.07, 6.45) is 2.93. The third-order valence-corrected chi connectivity index (χ3v) is 7.78. The summed E-state index contributed by atoms with van der Waals surface area (Å²) in [6.45, 7) is 4.57. The molecule has 1 unspecified atom stereocenters. The predicted molar refractivity (Wildman–Crippen MR) is 138 cm³/mol. The van der Waals surface area contributed by atoms with E-state index in [0.29, 0.717) is 12.6 Å². The number of rotatable bonds is 6. The molecule has 0 bridgehead atoms. The molecule has 5 nitrogen and oxygen atoms in total. The number of ether oxygens (including phenoxy) is 2. The Labute approximate surface area is 206 Å². The Hall–Kier alpha value is -3.28. The van der Waals surface area contributed by atoms with Crippen LogP contribution in [-0.2, 0) is 39.1 Å². The van der Waals surface area contributed by atoms with Crippen LogP contribution in [-0.4, -0.2) is 28.2 Å². The predicted octanol–water partition coefficient (Wildman–Crippen LogP) is 5.40. The molecule has 3 heterocycles. The minimum Gasteiger partial charge on any atom is -0.493 e. The lowest BCUT2D eigenvalue weighted by molar-refractivity contribution is 0.145. The Morgan fingerprint density at radius 2 is 1.86 bits per heavy atom. The van der Waals surface area contributed by atoms with Crippen molar-refractivity contribution >= 4 is 10.9 Å². The summed E-state index contributed by atoms with van der Waals surface area (Å²) in [5.41, 5.74) is 8.92. The van der Waals surface area contributed by atoms with Gasteiger partial charge in [0.25, 0.3) is 0 Å². The van der Waals surface area contributed by atoms with Crippen LogP contribution in [0.1, 0.15) is 46.5 Å². The fraction of sp³-hybridized carbons (Fsp3) is 0.333. The number of benzene rings is 3. The van der Waals surface area contributed by atoms with Gasteiger partial charge >= 0.3 is 0 Å². The molecule has 0 amide bonds. The highest BCUT2D eigenvalue weighted by molar-refractivity contribution is 5.86. The van der Waals surface area contributed by atoms with Gasteiger partial charge in [0.05, 0.1) is 12.6 Å². The fourth-order valence-corrected chi connectivity index (χ4v) is 5.90. The van der Waals surface area contributed by atoms with Crippen LogP contribution in [0.3, 0.4) is 0 Å². The van der Waals surface area contributed by atoms with Crippen molar-refractivity contribution < 1.29 is 14.6 Å². The first kappa shape index (κ1) is 22.2. The molecule has 0 fully saturated rings. The first-order valence-electron chi connectivity index (χ1n) is 12.6. The van der Waals surface area contributed by atoms with Gasteiger partial charge < -0.3 is 19.1 Å². The van der Waals surface area contributed by atoms with E-state index in [0.717, 1.165) is 54.9 Å². The van der Waals surface area contributed by atoms with Crippen LogP contribution < -0.4 is 9.47 Å². The van der Waals surface area contributed by atoms with Gasteiger partial charge in [0.1, 0.15) is 13.3 Å². The third kappa shape index (κ3) is 3.79. The molecule has 35 heavy (non-hydrogen) atoms. The van der Waals surface area contributed by atoms with Gasteiger partial charge in [-0.05, 0) is 71.3 Å². The summed E-state index contributed by atoms with van der Waals surface area (Å²) in [5.74, 6) is 1.60. The van der Waals surface area contributed by atoms with Crippen LogP contribution in [0.15, 0.2) is 60.7 Å². The second-order valence-electron chi connectivity index (χ2n) is 9.62. The zero-order chi connectivity index (χ0) is 23.9. The summed E-state index contributed by atoms with van der Waals surface area (Å²) in [7, 11) is 1.72. The van der Waals surface area contributed by atoms with Crippen molar-refractivity contribution in [1.29, 1.82) is 0 Å². The van der Waals surface area contributed by atoms with E-state index < -0.39 is 0 Å². The second-order valence-corrected chi connectivity index (χ2v) is 9.62. The zero-order valence-electron chi connectivity index (χ0n) is 20.5. The lowest BCUT2D eigenvalue weighted by atomic mass is 9.85. The van der Waals surface area contributed by atoms with Crippen molar-refractivity contribution in [1.82, 2.24) is 9.47 Å². The molecule has 1 aromatic heterocycles. The summed E-state index contributed by atoms with van der Waals surface area (Å²) in [6, 6.07) is 21.6. The van der Waals surface area contributed by atoms with E-state index in [1.807, 2.05) is 18.2 Å². The molecule has 4 aromatic rings. The molecule has 180 valence electrons. The molecule has 0 radical (unpaired) electrons. The molecule has 2 aliphatic rings. The molecule has 3 aromatic carbocycles. The first-order chi connectivity index (χ1) is 17.2. The van der Waals surface area contributed by atoms with E-state index in [-0.39, 0.29) is 6.73 Å². The maximum absolute atomic E-state index is 10.2. The Balaban J connectivity index is 1.39. The molecule has 1 atom stereocenters. The normalized spacial score (nSPS) is 17.1. The molecule has 6 rings (SSSR count). The van der Waals surface area contributed by atoms with Crippen molar-refractivity contribution in [3.8, 4) is 11.5 Å². The largest absolute Gasteiger partial charge is 0.493 e. The minimum absolute atomic E-state index is 0.0150. The molecular weight excluding hydrogens is 436 g/mol. The Morgan fingerprint density at radius 1 is 1.00 bits per heavy atom. The average Bonchev–Trinajstić information content (AvgIpc) is 3.22. The second kappa shape index (κ2) is 9.06. The highest BCUT2D eigenvalue weighted by atomic mass is 16.5. The van der Waals surface area contributed by atoms with Crippen LogP contribution >= 0.6 is 0 Å². The van der Waals surface area contributed by atoms with Crippen molar-refractivity contribution in [3.05, 3.63) is 94.2 Å². The van der Waals surface area contributed by atoms with Gasteiger partial charge in [0.2, 0.25) is 0 Å². The molecule has 0 saturated heterocycles. The highest BCUT2D eigenvalue weighted by Gasteiger charge is 2.36. The lowest BCUT2D eigenvalue weighted by Gasteiger charge is -2.41. The topological polar surface area (TPSA) is 46.9 Å². The number of hydrogen-bond donors (Lipinski definition) is 1. The van der Waals surface area contributed by atoms with Gasteiger partial charge in [-0.3, -0.25) is 4.90 Å². The number of aliphatic hydroxyl groups is 1. The smallest absolute Gasteiger partial charge is 0.162 e. The lowest BCUT2D eigenvalue weighted by Crippen LogP contribution is -2.39. The molecular formula is C30H32N2O3. The van der Waals surface area contributed by atoms with Crippen molar-refractivity contribution in [2.75, 3.05) is 13.7 Å². The van der Waals surface area contributed by atoms with Gasteiger partial charge in [0, 0.05) is 30.2 Å². The Morgan fingerprint density at radius 3 is 2.63 bits per heavy atom. The zero-order valence-corrected chi connectivity index (χ0v) is 20.5. The van der Waals surface area contributed by atoms with Crippen molar-refractivity contribution in [2.24, 2.45) is 0 Å². The van der Waals surface area contributed by atoms with Crippen LogP contribution in [0.5, 0.6) is 11.5 Å². The third-order valence-electron chi connectivity index (χ3n) is 7.78. The number of nitrogens with zero attached hydrogens (tertiary/aromatic N) is 2. The van der Waals surface area contributed by atoms with Crippen molar-refractivity contribution in [2.45, 2.75) is 52.1 Å². The number of methoxy groups -OCH3 is 1. The molecule has 1 N–H and O–H groups in total. The van der Waals surface area contributed by atoms with E-state index in [4.69, 9.17) is 9.47 Å². The maximum atomic E-state index is 10.2. The van der Waals surface area contributed by atoms with E-state index in [9.17, 15) is 5.11 Å². The standard InChI is InChI=1S/C30H32N2O3/c1-3-20-9-10-26-24(13-20)25-15-27-23-16-30(35-18-21-7-5-4-6-8-21)29(34-2)14-22(23)11-12-31(27)17-28(25)32(26)19-33/h4-10,13-14,16,27,33H,3,11-12,15,17-19H2,1-2H3. The van der Waals surface area contributed by atoms with E-state index in [1.54, 1.807) is 7.11 Å². The van der Waals surface area contributed by atoms with Crippen LogP contribution in [0, 0.1) is 0 Å². The number of fused-ring (bicyclic) bond motifs is 6. The van der Waals surface area contributed by atoms with E-state index in [1.165, 1.54) is 33.3 Å². The van der Waals surface area contributed by atoms with Gasteiger partial charge in [-0.15, -0.1) is 0 Å². The van der Waals surface area contributed by atoms with Crippen molar-refractivity contribution in [3.63, 3.8) is 0 Å². The highest BCUT2D eigenvalue weighted by Crippen LogP contribution is 2.44. The maximum Gasteiger partial charge on any atom is 0.162 e. The summed E-state index contributed by atoms with van der Waals surface area (Å²) in [5, 5.41) is 11.5. The monoisotopic (exact) mass is 468 g/mol. The first-order valence-corrected chi connectivity index (χ1v) is 12.6. The van der Waals surface area contributed by atoms with Gasteiger partial charge in [-0.2, -0.15) is 0 Å². The van der Waals surface area contributed by atoms with Crippen LogP contribution in [0.4, 0.5) is 0 Å².